The van der Waals surface area contributed by atoms with Gasteiger partial charge in [0.1, 0.15) is 11.3 Å². The van der Waals surface area contributed by atoms with Crippen molar-refractivity contribution in [3.05, 3.63) is 54.1 Å². The molecule has 3 fully saturated rings. The summed E-state index contributed by atoms with van der Waals surface area (Å²) in [4.78, 5) is 46.6. The van der Waals surface area contributed by atoms with Crippen LogP contribution in [0, 0.1) is 11.8 Å². The van der Waals surface area contributed by atoms with E-state index in [2.05, 4.69) is 4.90 Å². The fourth-order valence-corrected chi connectivity index (χ4v) is 6.56. The normalized spacial score (nSPS) is 30.9. The first-order chi connectivity index (χ1) is 15.5. The van der Waals surface area contributed by atoms with Gasteiger partial charge in [-0.1, -0.05) is 18.2 Å². The van der Waals surface area contributed by atoms with Gasteiger partial charge in [-0.15, -0.1) is 0 Å². The summed E-state index contributed by atoms with van der Waals surface area (Å²) in [5.41, 5.74) is 1.10. The molecule has 164 valence electrons. The second-order valence-electron chi connectivity index (χ2n) is 8.99. The Balaban J connectivity index is 1.50. The molecule has 0 aromatic heterocycles. The van der Waals surface area contributed by atoms with Crippen LogP contribution in [0.15, 0.2) is 48.5 Å². The van der Waals surface area contributed by atoms with Gasteiger partial charge < -0.3 is 9.64 Å². The summed E-state index contributed by atoms with van der Waals surface area (Å²) in [6.07, 6.45) is 1.73. The molecule has 3 saturated heterocycles. The maximum Gasteiger partial charge on any atom is 0.252 e. The third-order valence-electron chi connectivity index (χ3n) is 7.68. The van der Waals surface area contributed by atoms with Gasteiger partial charge in [0.2, 0.25) is 11.8 Å². The van der Waals surface area contributed by atoms with E-state index in [1.54, 1.807) is 36.2 Å². The maximum absolute atomic E-state index is 13.9. The highest BCUT2D eigenvalue weighted by molar-refractivity contribution is 6.26. The van der Waals surface area contributed by atoms with E-state index in [4.69, 9.17) is 4.74 Å². The van der Waals surface area contributed by atoms with Crippen molar-refractivity contribution >= 4 is 29.1 Å². The van der Waals surface area contributed by atoms with Crippen molar-refractivity contribution in [1.82, 2.24) is 4.90 Å². The van der Waals surface area contributed by atoms with Crippen LogP contribution in [-0.4, -0.2) is 48.9 Å². The summed E-state index contributed by atoms with van der Waals surface area (Å²) in [5.74, 6) is -1.12. The summed E-state index contributed by atoms with van der Waals surface area (Å²) in [6, 6.07) is 14.6. The Bertz CT molecular complexity index is 1150. The molecule has 4 heterocycles. The molecule has 0 N–H and O–H groups in total. The Morgan fingerprint density at radius 1 is 1.03 bits per heavy atom. The zero-order valence-electron chi connectivity index (χ0n) is 18.2. The van der Waals surface area contributed by atoms with E-state index in [9.17, 15) is 14.4 Å². The van der Waals surface area contributed by atoms with E-state index in [-0.39, 0.29) is 23.8 Å². The second-order valence-corrected chi connectivity index (χ2v) is 8.99. The lowest BCUT2D eigenvalue weighted by Gasteiger charge is -2.37. The SMILES string of the molecule is CCOc1ccc(N2C(=O)C3C4CCCN4C4(C(=O)N(C)c5ccccc54)C3C2=O)cc1. The highest BCUT2D eigenvalue weighted by atomic mass is 16.5. The fraction of sp³-hybridized carbons (Fsp3) is 0.400. The lowest BCUT2D eigenvalue weighted by Crippen LogP contribution is -2.55. The molecule has 4 unspecified atom stereocenters. The Kier molecular flexibility index (Phi) is 4.05. The van der Waals surface area contributed by atoms with Gasteiger partial charge in [0.05, 0.1) is 24.1 Å². The standard InChI is InChI=1S/C25H25N3O4/c1-3-32-16-12-10-15(11-13-16)28-22(29)20-19-9-6-14-27(19)25(21(20)23(28)30)17-7-4-5-8-18(17)26(2)24(25)31/h4-5,7-8,10-13,19-21H,3,6,9,14H2,1-2H3. The number of benzene rings is 2. The first kappa shape index (κ1) is 19.5. The van der Waals surface area contributed by atoms with Crippen LogP contribution in [0.25, 0.3) is 0 Å². The van der Waals surface area contributed by atoms with Gasteiger partial charge in [-0.3, -0.25) is 19.3 Å². The van der Waals surface area contributed by atoms with Gasteiger partial charge in [-0.05, 0) is 56.6 Å². The molecule has 6 rings (SSSR count). The molecule has 32 heavy (non-hydrogen) atoms. The molecule has 0 bridgehead atoms. The van der Waals surface area contributed by atoms with Gasteiger partial charge in [0.15, 0.2) is 0 Å². The van der Waals surface area contributed by atoms with Crippen LogP contribution in [-0.2, 0) is 19.9 Å². The first-order valence-electron chi connectivity index (χ1n) is 11.3. The van der Waals surface area contributed by atoms with Crippen LogP contribution in [0.2, 0.25) is 0 Å². The molecular formula is C25H25N3O4. The summed E-state index contributed by atoms with van der Waals surface area (Å²) in [7, 11) is 1.76. The molecule has 3 amide bonds. The topological polar surface area (TPSA) is 70.2 Å². The highest BCUT2D eigenvalue weighted by Gasteiger charge is 2.75. The third-order valence-corrected chi connectivity index (χ3v) is 7.68. The number of anilines is 2. The van der Waals surface area contributed by atoms with Gasteiger partial charge in [0.25, 0.3) is 5.91 Å². The minimum Gasteiger partial charge on any atom is -0.494 e. The molecular weight excluding hydrogens is 406 g/mol. The van der Waals surface area contributed by atoms with Gasteiger partial charge in [-0.2, -0.15) is 0 Å². The minimum absolute atomic E-state index is 0.104. The smallest absolute Gasteiger partial charge is 0.252 e. The number of para-hydroxylation sites is 1. The van der Waals surface area contributed by atoms with Crippen molar-refractivity contribution in [2.75, 3.05) is 30.0 Å². The van der Waals surface area contributed by atoms with Crippen LogP contribution >= 0.6 is 0 Å². The van der Waals surface area contributed by atoms with Crippen molar-refractivity contribution in [1.29, 1.82) is 0 Å². The molecule has 7 heteroatoms. The Hall–Kier alpha value is -3.19. The van der Waals surface area contributed by atoms with Crippen LogP contribution in [0.1, 0.15) is 25.3 Å². The average molecular weight is 431 g/mol. The third kappa shape index (κ3) is 2.17. The summed E-state index contributed by atoms with van der Waals surface area (Å²) < 4.78 is 5.50. The predicted octanol–water partition coefficient (Wildman–Crippen LogP) is 2.54. The quantitative estimate of drug-likeness (QED) is 0.699. The predicted molar refractivity (Wildman–Crippen MR) is 118 cm³/mol. The Morgan fingerprint density at radius 3 is 2.53 bits per heavy atom. The lowest BCUT2D eigenvalue weighted by atomic mass is 9.75. The van der Waals surface area contributed by atoms with Crippen molar-refractivity contribution in [3.63, 3.8) is 0 Å². The molecule has 0 saturated carbocycles. The molecule has 2 aromatic rings. The molecule has 4 aliphatic heterocycles. The molecule has 2 aromatic carbocycles. The number of carbonyl (C=O) groups is 3. The summed E-state index contributed by atoms with van der Waals surface area (Å²) in [5, 5.41) is 0. The summed E-state index contributed by atoms with van der Waals surface area (Å²) >= 11 is 0. The number of ether oxygens (including phenoxy) is 1. The number of amides is 3. The number of imide groups is 1. The van der Waals surface area contributed by atoms with E-state index in [0.29, 0.717) is 18.0 Å². The number of rotatable bonds is 3. The van der Waals surface area contributed by atoms with Crippen molar-refractivity contribution in [2.45, 2.75) is 31.3 Å². The van der Waals surface area contributed by atoms with Crippen LogP contribution in [0.3, 0.4) is 0 Å². The fourth-order valence-electron chi connectivity index (χ4n) is 6.56. The van der Waals surface area contributed by atoms with E-state index in [0.717, 1.165) is 30.6 Å². The van der Waals surface area contributed by atoms with Crippen molar-refractivity contribution in [2.24, 2.45) is 11.8 Å². The monoisotopic (exact) mass is 431 g/mol. The Labute approximate surface area is 186 Å². The van der Waals surface area contributed by atoms with E-state index in [1.165, 1.54) is 4.90 Å². The maximum atomic E-state index is 13.9. The number of nitrogens with zero attached hydrogens (tertiary/aromatic N) is 3. The lowest BCUT2D eigenvalue weighted by molar-refractivity contribution is -0.136. The number of fused-ring (bicyclic) bond motifs is 7. The average Bonchev–Trinajstić information content (AvgIpc) is 3.50. The van der Waals surface area contributed by atoms with Crippen LogP contribution < -0.4 is 14.5 Å². The van der Waals surface area contributed by atoms with Crippen molar-refractivity contribution < 1.29 is 19.1 Å². The van der Waals surface area contributed by atoms with Gasteiger partial charge in [-0.25, -0.2) is 4.90 Å². The zero-order chi connectivity index (χ0) is 22.2. The molecule has 4 atom stereocenters. The van der Waals surface area contributed by atoms with E-state index < -0.39 is 17.4 Å². The number of hydrogen-bond donors (Lipinski definition) is 0. The molecule has 0 radical (unpaired) electrons. The number of likely N-dealkylation sites (N-methyl/N-ethyl adjacent to an activating group) is 1. The molecule has 4 aliphatic rings. The largest absolute Gasteiger partial charge is 0.494 e. The Morgan fingerprint density at radius 2 is 1.78 bits per heavy atom. The van der Waals surface area contributed by atoms with E-state index >= 15 is 0 Å². The molecule has 7 nitrogen and oxygen atoms in total. The van der Waals surface area contributed by atoms with Crippen LogP contribution in [0.4, 0.5) is 11.4 Å². The number of hydrogen-bond acceptors (Lipinski definition) is 5. The zero-order valence-corrected chi connectivity index (χ0v) is 18.2. The molecule has 0 aliphatic carbocycles. The first-order valence-corrected chi connectivity index (χ1v) is 11.3. The van der Waals surface area contributed by atoms with Gasteiger partial charge in [0, 0.05) is 24.3 Å². The van der Waals surface area contributed by atoms with Crippen molar-refractivity contribution in [3.8, 4) is 5.75 Å². The second kappa shape index (κ2) is 6.65. The minimum atomic E-state index is -1.11. The van der Waals surface area contributed by atoms with E-state index in [1.807, 2.05) is 31.2 Å². The van der Waals surface area contributed by atoms with Gasteiger partial charge >= 0.3 is 0 Å². The highest BCUT2D eigenvalue weighted by Crippen LogP contribution is 2.61. The number of carbonyl (C=O) groups excluding carboxylic acids is 3. The summed E-state index contributed by atoms with van der Waals surface area (Å²) in [6.45, 7) is 3.16. The van der Waals surface area contributed by atoms with Crippen LogP contribution in [0.5, 0.6) is 5.75 Å². The molecule has 1 spiro atoms.